The molecule has 1 aromatic heterocycles. The summed E-state index contributed by atoms with van der Waals surface area (Å²) in [6, 6.07) is 14.8. The zero-order valence-electron chi connectivity index (χ0n) is 11.3. The lowest BCUT2D eigenvalue weighted by molar-refractivity contribution is 0.415. The minimum absolute atomic E-state index is 0.461. The van der Waals surface area contributed by atoms with Crippen LogP contribution in [0.5, 0.6) is 5.75 Å². The summed E-state index contributed by atoms with van der Waals surface area (Å²) in [6.45, 7) is 0. The maximum Gasteiger partial charge on any atom is 0.155 e. The highest BCUT2D eigenvalue weighted by Crippen LogP contribution is 2.27. The first kappa shape index (κ1) is 13.5. The molecule has 3 rings (SSSR count). The number of hydrogen-bond donors (Lipinski definition) is 1. The number of anilines is 1. The molecule has 0 aliphatic rings. The predicted molar refractivity (Wildman–Crippen MR) is 82.8 cm³/mol. The van der Waals surface area contributed by atoms with Crippen LogP contribution in [0, 0.1) is 0 Å². The van der Waals surface area contributed by atoms with Crippen LogP contribution in [-0.2, 0) is 0 Å². The number of ether oxygens (including phenoxy) is 1. The number of nitrogens with zero attached hydrogens (tertiary/aromatic N) is 3. The Kier molecular flexibility index (Phi) is 3.50. The molecule has 106 valence electrons. The quantitative estimate of drug-likeness (QED) is 0.807. The van der Waals surface area contributed by atoms with Gasteiger partial charge in [-0.25, -0.2) is 0 Å². The van der Waals surface area contributed by atoms with Crippen molar-refractivity contribution in [3.63, 3.8) is 0 Å². The average molecular weight is 301 g/mol. The summed E-state index contributed by atoms with van der Waals surface area (Å²) in [4.78, 5) is 0. The highest BCUT2D eigenvalue weighted by atomic mass is 35.5. The van der Waals surface area contributed by atoms with Gasteiger partial charge < -0.3 is 10.5 Å². The van der Waals surface area contributed by atoms with Crippen LogP contribution in [-0.4, -0.2) is 22.1 Å². The minimum Gasteiger partial charge on any atom is -0.497 e. The molecule has 0 bridgehead atoms. The summed E-state index contributed by atoms with van der Waals surface area (Å²) >= 11 is 5.99. The van der Waals surface area contributed by atoms with E-state index in [0.29, 0.717) is 16.5 Å². The summed E-state index contributed by atoms with van der Waals surface area (Å²) in [7, 11) is 1.62. The Bertz CT molecular complexity index is 768. The first-order valence-corrected chi connectivity index (χ1v) is 6.68. The van der Waals surface area contributed by atoms with Crippen LogP contribution in [0.1, 0.15) is 0 Å². The van der Waals surface area contributed by atoms with Gasteiger partial charge in [0.15, 0.2) is 5.82 Å². The SMILES string of the molecule is COc1ccc(-c2nnn(-c3cccc(Cl)c3)c2N)cc1. The van der Waals surface area contributed by atoms with E-state index in [-0.39, 0.29) is 0 Å². The number of aromatic nitrogens is 3. The van der Waals surface area contributed by atoms with Gasteiger partial charge in [0.2, 0.25) is 0 Å². The molecule has 6 heteroatoms. The fourth-order valence-electron chi connectivity index (χ4n) is 2.04. The molecular formula is C15H13ClN4O. The first-order chi connectivity index (χ1) is 10.2. The Labute approximate surface area is 126 Å². The molecule has 0 radical (unpaired) electrons. The summed E-state index contributed by atoms with van der Waals surface area (Å²) in [5, 5.41) is 8.87. The zero-order chi connectivity index (χ0) is 14.8. The normalized spacial score (nSPS) is 10.6. The maximum absolute atomic E-state index is 6.15. The molecule has 0 saturated heterocycles. The average Bonchev–Trinajstić information content (AvgIpc) is 2.89. The monoisotopic (exact) mass is 300 g/mol. The lowest BCUT2D eigenvalue weighted by Crippen LogP contribution is -2.02. The topological polar surface area (TPSA) is 66.0 Å². The number of methoxy groups -OCH3 is 1. The van der Waals surface area contributed by atoms with E-state index in [2.05, 4.69) is 10.3 Å². The van der Waals surface area contributed by atoms with E-state index in [0.717, 1.165) is 17.0 Å². The number of nitrogens with two attached hydrogens (primary N) is 1. The molecule has 0 fully saturated rings. The number of rotatable bonds is 3. The van der Waals surface area contributed by atoms with Crippen molar-refractivity contribution in [2.75, 3.05) is 12.8 Å². The lowest BCUT2D eigenvalue weighted by Gasteiger charge is -2.04. The fourth-order valence-corrected chi connectivity index (χ4v) is 2.23. The van der Waals surface area contributed by atoms with Gasteiger partial charge >= 0.3 is 0 Å². The standard InChI is InChI=1S/C15H13ClN4O/c1-21-13-7-5-10(6-8-13)14-15(17)20(19-18-14)12-4-2-3-11(16)9-12/h2-9H,17H2,1H3. The lowest BCUT2D eigenvalue weighted by atomic mass is 10.1. The van der Waals surface area contributed by atoms with Crippen molar-refractivity contribution in [3.8, 4) is 22.7 Å². The van der Waals surface area contributed by atoms with E-state index >= 15 is 0 Å². The van der Waals surface area contributed by atoms with Gasteiger partial charge in [0.25, 0.3) is 0 Å². The predicted octanol–water partition coefficient (Wildman–Crippen LogP) is 3.18. The van der Waals surface area contributed by atoms with Crippen molar-refractivity contribution >= 4 is 17.4 Å². The molecule has 5 nitrogen and oxygen atoms in total. The minimum atomic E-state index is 0.461. The van der Waals surface area contributed by atoms with E-state index < -0.39 is 0 Å². The molecule has 0 unspecified atom stereocenters. The molecule has 2 N–H and O–H groups in total. The fraction of sp³-hybridized carbons (Fsp3) is 0.0667. The van der Waals surface area contributed by atoms with Gasteiger partial charge in [-0.3, -0.25) is 0 Å². The largest absolute Gasteiger partial charge is 0.497 e. The second kappa shape index (κ2) is 5.46. The molecule has 2 aromatic carbocycles. The molecule has 1 heterocycles. The molecule has 0 saturated carbocycles. The molecule has 21 heavy (non-hydrogen) atoms. The van der Waals surface area contributed by atoms with Crippen LogP contribution in [0.2, 0.25) is 5.02 Å². The molecule has 0 aliphatic carbocycles. The van der Waals surface area contributed by atoms with Gasteiger partial charge in [0.1, 0.15) is 11.4 Å². The molecule has 3 aromatic rings. The second-order valence-corrected chi connectivity index (χ2v) is 4.88. The van der Waals surface area contributed by atoms with Crippen LogP contribution in [0.3, 0.4) is 0 Å². The molecule has 0 spiro atoms. The Morgan fingerprint density at radius 3 is 2.57 bits per heavy atom. The highest BCUT2D eigenvalue weighted by Gasteiger charge is 2.13. The Hall–Kier alpha value is -2.53. The van der Waals surface area contributed by atoms with Crippen LogP contribution >= 0.6 is 11.6 Å². The molecule has 0 amide bonds. The van der Waals surface area contributed by atoms with E-state index in [4.69, 9.17) is 22.1 Å². The number of hydrogen-bond acceptors (Lipinski definition) is 4. The van der Waals surface area contributed by atoms with E-state index in [1.807, 2.05) is 36.4 Å². The summed E-state index contributed by atoms with van der Waals surface area (Å²) in [5.41, 5.74) is 8.42. The van der Waals surface area contributed by atoms with Gasteiger partial charge in [0, 0.05) is 10.6 Å². The van der Waals surface area contributed by atoms with Gasteiger partial charge in [-0.05, 0) is 42.5 Å². The van der Waals surface area contributed by atoms with E-state index in [9.17, 15) is 0 Å². The van der Waals surface area contributed by atoms with Crippen molar-refractivity contribution in [1.29, 1.82) is 0 Å². The summed E-state index contributed by atoms with van der Waals surface area (Å²) in [5.74, 6) is 1.24. The second-order valence-electron chi connectivity index (χ2n) is 4.44. The van der Waals surface area contributed by atoms with Gasteiger partial charge in [-0.2, -0.15) is 4.68 Å². The smallest absolute Gasteiger partial charge is 0.155 e. The number of halogens is 1. The first-order valence-electron chi connectivity index (χ1n) is 6.30. The third-order valence-corrected chi connectivity index (χ3v) is 3.36. The zero-order valence-corrected chi connectivity index (χ0v) is 12.1. The van der Waals surface area contributed by atoms with Crippen LogP contribution in [0.15, 0.2) is 48.5 Å². The van der Waals surface area contributed by atoms with Crippen LogP contribution in [0.25, 0.3) is 16.9 Å². The van der Waals surface area contributed by atoms with Crippen molar-refractivity contribution < 1.29 is 4.74 Å². The Morgan fingerprint density at radius 1 is 1.14 bits per heavy atom. The van der Waals surface area contributed by atoms with Crippen LogP contribution < -0.4 is 10.5 Å². The van der Waals surface area contributed by atoms with Gasteiger partial charge in [-0.15, -0.1) is 5.10 Å². The Balaban J connectivity index is 2.02. The Morgan fingerprint density at radius 2 is 1.90 bits per heavy atom. The number of benzene rings is 2. The van der Waals surface area contributed by atoms with Crippen molar-refractivity contribution in [2.24, 2.45) is 0 Å². The van der Waals surface area contributed by atoms with Gasteiger partial charge in [-0.1, -0.05) is 22.9 Å². The molecule has 0 atom stereocenters. The molecule has 0 aliphatic heterocycles. The third-order valence-electron chi connectivity index (χ3n) is 3.12. The maximum atomic E-state index is 6.15. The van der Waals surface area contributed by atoms with Gasteiger partial charge in [0.05, 0.1) is 12.8 Å². The third kappa shape index (κ3) is 2.55. The summed E-state index contributed by atoms with van der Waals surface area (Å²) in [6.07, 6.45) is 0. The van der Waals surface area contributed by atoms with E-state index in [1.54, 1.807) is 23.9 Å². The number of nitrogen functional groups attached to an aromatic ring is 1. The van der Waals surface area contributed by atoms with Crippen molar-refractivity contribution in [1.82, 2.24) is 15.0 Å². The summed E-state index contributed by atoms with van der Waals surface area (Å²) < 4.78 is 6.70. The van der Waals surface area contributed by atoms with Crippen LogP contribution in [0.4, 0.5) is 5.82 Å². The van der Waals surface area contributed by atoms with Crippen molar-refractivity contribution in [2.45, 2.75) is 0 Å². The van der Waals surface area contributed by atoms with E-state index in [1.165, 1.54) is 0 Å². The van der Waals surface area contributed by atoms with Crippen molar-refractivity contribution in [3.05, 3.63) is 53.6 Å². The molecular weight excluding hydrogens is 288 g/mol. The highest BCUT2D eigenvalue weighted by molar-refractivity contribution is 6.30.